The van der Waals surface area contributed by atoms with Crippen molar-refractivity contribution in [3.63, 3.8) is 0 Å². The van der Waals surface area contributed by atoms with Crippen molar-refractivity contribution in [1.29, 1.82) is 5.26 Å². The zero-order chi connectivity index (χ0) is 11.9. The predicted molar refractivity (Wildman–Crippen MR) is 66.4 cm³/mol. The third-order valence-electron chi connectivity index (χ3n) is 2.55. The van der Waals surface area contributed by atoms with Crippen molar-refractivity contribution in [2.75, 3.05) is 0 Å². The van der Waals surface area contributed by atoms with Gasteiger partial charge in [0, 0.05) is 10.7 Å². The maximum atomic E-state index is 9.21. The highest BCUT2D eigenvalue weighted by Gasteiger charge is 2.16. The molecule has 16 heavy (non-hydrogen) atoms. The van der Waals surface area contributed by atoms with E-state index in [1.165, 1.54) is 0 Å². The van der Waals surface area contributed by atoms with Crippen molar-refractivity contribution in [3.8, 4) is 6.07 Å². The van der Waals surface area contributed by atoms with Crippen molar-refractivity contribution in [2.24, 2.45) is 0 Å². The first-order valence-corrected chi connectivity index (χ1v) is 5.92. The van der Waals surface area contributed by atoms with E-state index < -0.39 is 0 Å². The fourth-order valence-electron chi connectivity index (χ4n) is 1.80. The van der Waals surface area contributed by atoms with E-state index in [4.69, 9.17) is 0 Å². The quantitative estimate of drug-likeness (QED) is 0.802. The largest absolute Gasteiger partial charge is 0.290 e. The Morgan fingerprint density at radius 3 is 2.75 bits per heavy atom. The van der Waals surface area contributed by atoms with E-state index in [2.05, 4.69) is 27.0 Å². The highest BCUT2D eigenvalue weighted by Crippen LogP contribution is 2.24. The number of nitriles is 1. The molecule has 0 saturated heterocycles. The van der Waals surface area contributed by atoms with Crippen LogP contribution in [0.25, 0.3) is 5.65 Å². The molecule has 0 aliphatic heterocycles. The molecular formula is C12H12BrN3. The van der Waals surface area contributed by atoms with E-state index in [0.717, 1.165) is 21.4 Å². The molecule has 0 bridgehead atoms. The molecule has 0 saturated carbocycles. The monoisotopic (exact) mass is 277 g/mol. The van der Waals surface area contributed by atoms with Crippen LogP contribution in [0.5, 0.6) is 0 Å². The summed E-state index contributed by atoms with van der Waals surface area (Å²) in [6.45, 7) is 6.10. The fraction of sp³-hybridized carbons (Fsp3) is 0.333. The molecule has 4 heteroatoms. The summed E-state index contributed by atoms with van der Waals surface area (Å²) in [5.74, 6) is 0.257. The summed E-state index contributed by atoms with van der Waals surface area (Å²) < 4.78 is 2.82. The molecule has 82 valence electrons. The standard InChI is InChI=1S/C12H12BrN3/c1-7(2)11-10(5-14)16-6-9(13)4-8(3)12(16)15-11/h4,6-7H,1-3H3. The second-order valence-electron chi connectivity index (χ2n) is 4.15. The minimum atomic E-state index is 0.257. The molecule has 0 unspecified atom stereocenters. The molecule has 2 aromatic heterocycles. The molecule has 0 aliphatic carbocycles. The summed E-state index contributed by atoms with van der Waals surface area (Å²) in [7, 11) is 0. The number of pyridine rings is 1. The molecule has 0 radical (unpaired) electrons. The van der Waals surface area contributed by atoms with Gasteiger partial charge in [-0.25, -0.2) is 4.98 Å². The zero-order valence-electron chi connectivity index (χ0n) is 9.45. The van der Waals surface area contributed by atoms with Crippen LogP contribution < -0.4 is 0 Å². The van der Waals surface area contributed by atoms with E-state index in [-0.39, 0.29) is 5.92 Å². The van der Waals surface area contributed by atoms with Crippen molar-refractivity contribution in [2.45, 2.75) is 26.7 Å². The van der Waals surface area contributed by atoms with Gasteiger partial charge in [0.2, 0.25) is 0 Å². The summed E-state index contributed by atoms with van der Waals surface area (Å²) in [6, 6.07) is 4.24. The highest BCUT2D eigenvalue weighted by molar-refractivity contribution is 9.10. The van der Waals surface area contributed by atoms with Gasteiger partial charge < -0.3 is 0 Å². The summed E-state index contributed by atoms with van der Waals surface area (Å²) in [4.78, 5) is 4.54. The molecule has 0 spiro atoms. The van der Waals surface area contributed by atoms with Crippen LogP contribution in [0.3, 0.4) is 0 Å². The molecular weight excluding hydrogens is 266 g/mol. The lowest BCUT2D eigenvalue weighted by atomic mass is 10.1. The maximum Gasteiger partial charge on any atom is 0.148 e. The van der Waals surface area contributed by atoms with Gasteiger partial charge in [-0.15, -0.1) is 0 Å². The maximum absolute atomic E-state index is 9.21. The number of nitrogens with zero attached hydrogens (tertiary/aromatic N) is 3. The number of hydrogen-bond donors (Lipinski definition) is 0. The normalized spacial score (nSPS) is 11.0. The Kier molecular flexibility index (Phi) is 2.73. The van der Waals surface area contributed by atoms with Crippen molar-refractivity contribution < 1.29 is 0 Å². The van der Waals surface area contributed by atoms with Gasteiger partial charge in [-0.1, -0.05) is 13.8 Å². The number of rotatable bonds is 1. The first kappa shape index (κ1) is 11.2. The van der Waals surface area contributed by atoms with Crippen molar-refractivity contribution in [1.82, 2.24) is 9.38 Å². The Morgan fingerprint density at radius 1 is 1.50 bits per heavy atom. The van der Waals surface area contributed by atoms with Crippen LogP contribution in [0.1, 0.15) is 36.7 Å². The lowest BCUT2D eigenvalue weighted by Gasteiger charge is -2.00. The fourth-order valence-corrected chi connectivity index (χ4v) is 2.35. The Hall–Kier alpha value is -1.34. The number of aromatic nitrogens is 2. The Bertz CT molecular complexity index is 590. The van der Waals surface area contributed by atoms with Crippen molar-refractivity contribution in [3.05, 3.63) is 33.7 Å². The number of fused-ring (bicyclic) bond motifs is 1. The molecule has 0 atom stereocenters. The van der Waals surface area contributed by atoms with Gasteiger partial charge in [0.1, 0.15) is 17.4 Å². The molecule has 3 nitrogen and oxygen atoms in total. The molecule has 0 fully saturated rings. The van der Waals surface area contributed by atoms with E-state index >= 15 is 0 Å². The van der Waals surface area contributed by atoms with Crippen LogP contribution in [0.2, 0.25) is 0 Å². The van der Waals surface area contributed by atoms with Crippen LogP contribution in [0.15, 0.2) is 16.7 Å². The third-order valence-corrected chi connectivity index (χ3v) is 2.98. The lowest BCUT2D eigenvalue weighted by molar-refractivity contribution is 0.829. The Labute approximate surface area is 103 Å². The molecule has 0 aliphatic rings. The van der Waals surface area contributed by atoms with Gasteiger partial charge in [-0.3, -0.25) is 4.40 Å². The summed E-state index contributed by atoms with van der Waals surface area (Å²) in [6.07, 6.45) is 1.89. The first-order chi connectivity index (χ1) is 7.54. The van der Waals surface area contributed by atoms with Gasteiger partial charge >= 0.3 is 0 Å². The summed E-state index contributed by atoms with van der Waals surface area (Å²) in [5, 5.41) is 9.21. The van der Waals surface area contributed by atoms with E-state index in [1.54, 1.807) is 0 Å². The third kappa shape index (κ3) is 1.61. The summed E-state index contributed by atoms with van der Waals surface area (Å²) in [5.41, 5.74) is 3.43. The van der Waals surface area contributed by atoms with E-state index in [1.807, 2.05) is 37.4 Å². The topological polar surface area (TPSA) is 41.1 Å². The van der Waals surface area contributed by atoms with Gasteiger partial charge in [0.15, 0.2) is 0 Å². The molecule has 2 rings (SSSR count). The molecule has 0 aromatic carbocycles. The van der Waals surface area contributed by atoms with Gasteiger partial charge in [0.25, 0.3) is 0 Å². The average molecular weight is 278 g/mol. The first-order valence-electron chi connectivity index (χ1n) is 5.12. The number of halogens is 1. The highest BCUT2D eigenvalue weighted by atomic mass is 79.9. The average Bonchev–Trinajstić information content (AvgIpc) is 2.56. The lowest BCUT2D eigenvalue weighted by Crippen LogP contribution is -1.94. The van der Waals surface area contributed by atoms with E-state index in [9.17, 15) is 5.26 Å². The minimum absolute atomic E-state index is 0.257. The van der Waals surface area contributed by atoms with Crippen LogP contribution in [0, 0.1) is 18.3 Å². The predicted octanol–water partition coefficient (Wildman–Crippen LogP) is 3.40. The molecule has 0 N–H and O–H groups in total. The second kappa shape index (κ2) is 3.91. The van der Waals surface area contributed by atoms with Crippen LogP contribution >= 0.6 is 15.9 Å². The molecule has 2 heterocycles. The van der Waals surface area contributed by atoms with Crippen LogP contribution in [0.4, 0.5) is 0 Å². The van der Waals surface area contributed by atoms with Crippen molar-refractivity contribution >= 4 is 21.6 Å². The number of aryl methyl sites for hydroxylation is 1. The summed E-state index contributed by atoms with van der Waals surface area (Å²) >= 11 is 3.43. The Balaban J connectivity index is 2.89. The van der Waals surface area contributed by atoms with E-state index in [0.29, 0.717) is 5.69 Å². The van der Waals surface area contributed by atoms with Gasteiger partial charge in [0.05, 0.1) is 5.69 Å². The number of imidazole rings is 1. The van der Waals surface area contributed by atoms with Gasteiger partial charge in [-0.2, -0.15) is 5.26 Å². The minimum Gasteiger partial charge on any atom is -0.290 e. The Morgan fingerprint density at radius 2 is 2.19 bits per heavy atom. The van der Waals surface area contributed by atoms with Gasteiger partial charge in [-0.05, 0) is 40.4 Å². The molecule has 2 aromatic rings. The van der Waals surface area contributed by atoms with Crippen LogP contribution in [-0.2, 0) is 0 Å². The molecule has 0 amide bonds. The zero-order valence-corrected chi connectivity index (χ0v) is 11.0. The number of hydrogen-bond acceptors (Lipinski definition) is 2. The second-order valence-corrected chi connectivity index (χ2v) is 5.06. The SMILES string of the molecule is Cc1cc(Br)cn2c(C#N)c(C(C)C)nc12. The smallest absolute Gasteiger partial charge is 0.148 e. The van der Waals surface area contributed by atoms with Crippen LogP contribution in [-0.4, -0.2) is 9.38 Å².